The average molecular weight is 296 g/mol. The molecule has 0 heterocycles. The number of nitrogens with one attached hydrogen (secondary N) is 1. The Morgan fingerprint density at radius 3 is 2.85 bits per heavy atom. The molecule has 1 aromatic carbocycles. The van der Waals surface area contributed by atoms with Crippen LogP contribution in [-0.4, -0.2) is 40.5 Å². The molecular formula is C14H20N2O3S. The van der Waals surface area contributed by atoms with Crippen molar-refractivity contribution in [3.8, 4) is 6.07 Å². The molecule has 6 heteroatoms. The van der Waals surface area contributed by atoms with Crippen LogP contribution < -0.4 is 5.32 Å². The minimum atomic E-state index is -3.34. The lowest BCUT2D eigenvalue weighted by atomic mass is 10.2. The van der Waals surface area contributed by atoms with E-state index < -0.39 is 9.84 Å². The zero-order valence-electron chi connectivity index (χ0n) is 11.6. The zero-order valence-corrected chi connectivity index (χ0v) is 12.4. The van der Waals surface area contributed by atoms with Gasteiger partial charge in [0, 0.05) is 19.8 Å². The molecule has 0 aliphatic carbocycles. The first kappa shape index (κ1) is 16.6. The molecule has 0 atom stereocenters. The first-order chi connectivity index (χ1) is 9.60. The van der Waals surface area contributed by atoms with Crippen molar-refractivity contribution in [2.45, 2.75) is 18.2 Å². The molecule has 20 heavy (non-hydrogen) atoms. The van der Waals surface area contributed by atoms with Crippen molar-refractivity contribution in [3.63, 3.8) is 0 Å². The molecule has 0 aromatic heterocycles. The molecule has 0 spiro atoms. The maximum absolute atomic E-state index is 12.1. The summed E-state index contributed by atoms with van der Waals surface area (Å²) < 4.78 is 29.3. The highest BCUT2D eigenvalue weighted by Gasteiger charge is 2.14. The van der Waals surface area contributed by atoms with Gasteiger partial charge in [-0.1, -0.05) is 6.07 Å². The van der Waals surface area contributed by atoms with Crippen LogP contribution in [0.15, 0.2) is 29.2 Å². The molecule has 5 nitrogen and oxygen atoms in total. The van der Waals surface area contributed by atoms with Crippen molar-refractivity contribution in [3.05, 3.63) is 29.8 Å². The van der Waals surface area contributed by atoms with Gasteiger partial charge < -0.3 is 10.1 Å². The molecule has 0 saturated heterocycles. The van der Waals surface area contributed by atoms with Crippen LogP contribution in [0.1, 0.15) is 18.9 Å². The molecule has 0 bridgehead atoms. The van der Waals surface area contributed by atoms with Gasteiger partial charge in [0.2, 0.25) is 0 Å². The average Bonchev–Trinajstić information content (AvgIpc) is 2.46. The summed E-state index contributed by atoms with van der Waals surface area (Å²) in [5.41, 5.74) is 0.357. The molecule has 0 fully saturated rings. The monoisotopic (exact) mass is 296 g/mol. The molecule has 0 aliphatic heterocycles. The highest BCUT2D eigenvalue weighted by Crippen LogP contribution is 2.12. The van der Waals surface area contributed by atoms with E-state index in [4.69, 9.17) is 10.00 Å². The Balaban J connectivity index is 2.40. The summed E-state index contributed by atoms with van der Waals surface area (Å²) in [5, 5.41) is 11.9. The molecule has 1 rings (SSSR count). The number of benzene rings is 1. The molecule has 110 valence electrons. The predicted octanol–water partition coefficient (Wildman–Crippen LogP) is 1.35. The number of nitrogens with zero attached hydrogens (tertiary/aromatic N) is 1. The SMILES string of the molecule is CCOCCCNCCS(=O)(=O)c1cccc(C#N)c1. The normalized spacial score (nSPS) is 11.2. The topological polar surface area (TPSA) is 79.2 Å². The minimum absolute atomic E-state index is 0.0243. The van der Waals surface area contributed by atoms with Gasteiger partial charge in [-0.3, -0.25) is 0 Å². The third-order valence-corrected chi connectivity index (χ3v) is 4.43. The van der Waals surface area contributed by atoms with Crippen LogP contribution in [0, 0.1) is 11.3 Å². The van der Waals surface area contributed by atoms with Crippen LogP contribution in [0.2, 0.25) is 0 Å². The third-order valence-electron chi connectivity index (χ3n) is 2.72. The van der Waals surface area contributed by atoms with Crippen LogP contribution >= 0.6 is 0 Å². The van der Waals surface area contributed by atoms with Crippen LogP contribution in [0.25, 0.3) is 0 Å². The summed E-state index contributed by atoms with van der Waals surface area (Å²) in [5.74, 6) is 0.0243. The van der Waals surface area contributed by atoms with E-state index in [1.165, 1.54) is 12.1 Å². The number of sulfone groups is 1. The van der Waals surface area contributed by atoms with Gasteiger partial charge >= 0.3 is 0 Å². The number of rotatable bonds is 9. The zero-order chi connectivity index (χ0) is 14.8. The Morgan fingerprint density at radius 1 is 1.35 bits per heavy atom. The second-order valence-electron chi connectivity index (χ2n) is 4.26. The van der Waals surface area contributed by atoms with E-state index >= 15 is 0 Å². The first-order valence-electron chi connectivity index (χ1n) is 6.61. The standard InChI is InChI=1S/C14H20N2O3S/c1-2-19-9-4-7-16-8-10-20(17,18)14-6-3-5-13(11-14)12-15/h3,5-6,11,16H,2,4,7-10H2,1H3. The van der Waals surface area contributed by atoms with E-state index in [2.05, 4.69) is 5.32 Å². The lowest BCUT2D eigenvalue weighted by molar-refractivity contribution is 0.145. The van der Waals surface area contributed by atoms with E-state index in [0.717, 1.165) is 13.0 Å². The Morgan fingerprint density at radius 2 is 2.15 bits per heavy atom. The van der Waals surface area contributed by atoms with Crippen molar-refractivity contribution in [2.75, 3.05) is 32.1 Å². The van der Waals surface area contributed by atoms with Crippen molar-refractivity contribution in [2.24, 2.45) is 0 Å². The first-order valence-corrected chi connectivity index (χ1v) is 8.26. The summed E-state index contributed by atoms with van der Waals surface area (Å²) >= 11 is 0. The Kier molecular flexibility index (Phi) is 7.23. The quantitative estimate of drug-likeness (QED) is 0.696. The van der Waals surface area contributed by atoms with Gasteiger partial charge in [-0.25, -0.2) is 8.42 Å². The number of hydrogen-bond acceptors (Lipinski definition) is 5. The van der Waals surface area contributed by atoms with Crippen molar-refractivity contribution in [1.82, 2.24) is 5.32 Å². The van der Waals surface area contributed by atoms with Gasteiger partial charge in [-0.15, -0.1) is 0 Å². The van der Waals surface area contributed by atoms with Crippen LogP contribution in [0.5, 0.6) is 0 Å². The lowest BCUT2D eigenvalue weighted by Crippen LogP contribution is -2.24. The molecule has 0 unspecified atom stereocenters. The minimum Gasteiger partial charge on any atom is -0.382 e. The van der Waals surface area contributed by atoms with Gasteiger partial charge in [-0.05, 0) is 38.1 Å². The Labute approximate surface area is 120 Å². The molecular weight excluding hydrogens is 276 g/mol. The van der Waals surface area contributed by atoms with Crippen molar-refractivity contribution in [1.29, 1.82) is 5.26 Å². The second-order valence-corrected chi connectivity index (χ2v) is 6.37. The smallest absolute Gasteiger partial charge is 0.179 e. The Hall–Kier alpha value is -1.42. The Bertz CT molecular complexity index is 550. The molecule has 1 aromatic rings. The van der Waals surface area contributed by atoms with E-state index in [-0.39, 0.29) is 10.6 Å². The summed E-state index contributed by atoms with van der Waals surface area (Å²) in [6.45, 7) is 4.44. The van der Waals surface area contributed by atoms with Gasteiger partial charge in [0.1, 0.15) is 0 Å². The molecule has 1 N–H and O–H groups in total. The number of ether oxygens (including phenoxy) is 1. The van der Waals surface area contributed by atoms with Crippen LogP contribution in [-0.2, 0) is 14.6 Å². The summed E-state index contributed by atoms with van der Waals surface area (Å²) in [7, 11) is -3.34. The highest BCUT2D eigenvalue weighted by atomic mass is 32.2. The fourth-order valence-corrected chi connectivity index (χ4v) is 2.89. The van der Waals surface area contributed by atoms with E-state index in [0.29, 0.717) is 25.3 Å². The maximum Gasteiger partial charge on any atom is 0.179 e. The molecule has 0 saturated carbocycles. The van der Waals surface area contributed by atoms with Gasteiger partial charge in [0.25, 0.3) is 0 Å². The largest absolute Gasteiger partial charge is 0.382 e. The van der Waals surface area contributed by atoms with E-state index in [1.807, 2.05) is 13.0 Å². The summed E-state index contributed by atoms with van der Waals surface area (Å²) in [6, 6.07) is 8.04. The third kappa shape index (κ3) is 5.70. The van der Waals surface area contributed by atoms with Crippen LogP contribution in [0.4, 0.5) is 0 Å². The molecule has 0 amide bonds. The van der Waals surface area contributed by atoms with Crippen molar-refractivity contribution >= 4 is 9.84 Å². The van der Waals surface area contributed by atoms with Gasteiger partial charge in [0.15, 0.2) is 9.84 Å². The number of hydrogen-bond donors (Lipinski definition) is 1. The van der Waals surface area contributed by atoms with Gasteiger partial charge in [-0.2, -0.15) is 5.26 Å². The van der Waals surface area contributed by atoms with E-state index in [1.54, 1.807) is 12.1 Å². The highest BCUT2D eigenvalue weighted by molar-refractivity contribution is 7.91. The van der Waals surface area contributed by atoms with E-state index in [9.17, 15) is 8.42 Å². The molecule has 0 radical (unpaired) electrons. The molecule has 0 aliphatic rings. The maximum atomic E-state index is 12.1. The fourth-order valence-electron chi connectivity index (χ4n) is 1.65. The summed E-state index contributed by atoms with van der Waals surface area (Å²) in [4.78, 5) is 0.202. The fraction of sp³-hybridized carbons (Fsp3) is 0.500. The van der Waals surface area contributed by atoms with Crippen LogP contribution in [0.3, 0.4) is 0 Å². The lowest BCUT2D eigenvalue weighted by Gasteiger charge is -2.07. The van der Waals surface area contributed by atoms with Crippen molar-refractivity contribution < 1.29 is 13.2 Å². The second kappa shape index (κ2) is 8.69. The number of nitriles is 1. The predicted molar refractivity (Wildman–Crippen MR) is 77.2 cm³/mol. The summed E-state index contributed by atoms with van der Waals surface area (Å²) in [6.07, 6.45) is 0.859. The van der Waals surface area contributed by atoms with Gasteiger partial charge in [0.05, 0.1) is 22.3 Å².